The number of likely N-dealkylation sites (tertiary alicyclic amines) is 1. The monoisotopic (exact) mass is 335 g/mol. The van der Waals surface area contributed by atoms with Gasteiger partial charge in [-0.15, -0.1) is 0 Å². The summed E-state index contributed by atoms with van der Waals surface area (Å²) >= 11 is 0. The first kappa shape index (κ1) is 18.7. The van der Waals surface area contributed by atoms with Gasteiger partial charge in [0.2, 0.25) is 0 Å². The number of piperidine rings is 1. The Morgan fingerprint density at radius 2 is 2.17 bits per heavy atom. The van der Waals surface area contributed by atoms with Gasteiger partial charge in [-0.3, -0.25) is 14.5 Å². The molecule has 1 aliphatic rings. The Kier molecular flexibility index (Phi) is 6.57. The van der Waals surface area contributed by atoms with Crippen LogP contribution in [0.1, 0.15) is 47.8 Å². The highest BCUT2D eigenvalue weighted by Gasteiger charge is 2.21. The lowest BCUT2D eigenvalue weighted by Crippen LogP contribution is -2.46. The molecule has 1 atom stereocenters. The minimum atomic E-state index is -0.320. The maximum Gasteiger partial charge on any atom is 0.263 e. The Bertz CT molecular complexity index is 639. The number of aliphatic hydroxyl groups excluding tert-OH is 1. The van der Waals surface area contributed by atoms with Crippen LogP contribution in [-0.4, -0.2) is 52.8 Å². The van der Waals surface area contributed by atoms with E-state index in [-0.39, 0.29) is 29.7 Å². The second-order valence-corrected chi connectivity index (χ2v) is 6.53. The lowest BCUT2D eigenvalue weighted by Gasteiger charge is -2.34. The number of aliphatic hydroxyl groups is 1. The van der Waals surface area contributed by atoms with Crippen LogP contribution in [0.4, 0.5) is 0 Å². The number of hydrogen-bond acceptors (Lipinski definition) is 4. The van der Waals surface area contributed by atoms with E-state index in [1.165, 1.54) is 0 Å². The van der Waals surface area contributed by atoms with Crippen LogP contribution < -0.4 is 10.9 Å². The molecule has 6 heteroatoms. The third kappa shape index (κ3) is 4.05. The molecule has 2 rings (SSSR count). The Morgan fingerprint density at radius 1 is 1.42 bits per heavy atom. The number of aromatic nitrogens is 1. The molecule has 2 heterocycles. The Balaban J connectivity index is 1.99. The number of amides is 1. The smallest absolute Gasteiger partial charge is 0.263 e. The van der Waals surface area contributed by atoms with Crippen molar-refractivity contribution in [3.8, 4) is 0 Å². The minimum absolute atomic E-state index is 0.159. The molecule has 0 saturated carbocycles. The van der Waals surface area contributed by atoms with E-state index < -0.39 is 0 Å². The molecule has 0 radical (unpaired) electrons. The summed E-state index contributed by atoms with van der Waals surface area (Å²) in [6.45, 7) is 6.21. The Labute approximate surface area is 143 Å². The lowest BCUT2D eigenvalue weighted by molar-refractivity contribution is 0.0848. The van der Waals surface area contributed by atoms with Gasteiger partial charge in [-0.25, -0.2) is 0 Å². The summed E-state index contributed by atoms with van der Waals surface area (Å²) in [5.74, 6) is -0.320. The van der Waals surface area contributed by atoms with E-state index in [4.69, 9.17) is 0 Å². The fraction of sp³-hybridized carbons (Fsp3) is 0.667. The fourth-order valence-corrected chi connectivity index (χ4v) is 3.58. The normalized spacial score (nSPS) is 18.6. The standard InChI is InChI=1S/C18H29N3O3/c1-4-16-13(2)11-15(18(24)20(16)3)17(23)19-8-10-21-9-6-5-7-14(21)12-22/h11,14,22H,4-10,12H2,1-3H3,(H,19,23)/t14-/m0/s1. The van der Waals surface area contributed by atoms with Crippen LogP contribution >= 0.6 is 0 Å². The molecule has 6 nitrogen and oxygen atoms in total. The SMILES string of the molecule is CCc1c(C)cc(C(=O)NCCN2CCCC[C@H]2CO)c(=O)n1C. The molecule has 2 N–H and O–H groups in total. The number of aryl methyl sites for hydroxylation is 1. The third-order valence-corrected chi connectivity index (χ3v) is 4.98. The van der Waals surface area contributed by atoms with E-state index in [0.29, 0.717) is 13.1 Å². The van der Waals surface area contributed by atoms with Gasteiger partial charge in [-0.2, -0.15) is 0 Å². The lowest BCUT2D eigenvalue weighted by atomic mass is 10.0. The van der Waals surface area contributed by atoms with Crippen LogP contribution in [0, 0.1) is 6.92 Å². The quantitative estimate of drug-likeness (QED) is 0.808. The fourth-order valence-electron chi connectivity index (χ4n) is 3.58. The molecule has 0 bridgehead atoms. The highest BCUT2D eigenvalue weighted by Crippen LogP contribution is 2.15. The average Bonchev–Trinajstić information content (AvgIpc) is 2.58. The summed E-state index contributed by atoms with van der Waals surface area (Å²) in [6, 6.07) is 1.88. The topological polar surface area (TPSA) is 74.6 Å². The van der Waals surface area contributed by atoms with Crippen LogP contribution in [0.5, 0.6) is 0 Å². The largest absolute Gasteiger partial charge is 0.395 e. The number of nitrogens with zero attached hydrogens (tertiary/aromatic N) is 2. The van der Waals surface area contributed by atoms with E-state index in [1.807, 2.05) is 13.8 Å². The summed E-state index contributed by atoms with van der Waals surface area (Å²) in [4.78, 5) is 26.9. The van der Waals surface area contributed by atoms with Gasteiger partial charge in [0.05, 0.1) is 6.61 Å². The molecule has 0 aliphatic carbocycles. The maximum atomic E-state index is 12.4. The van der Waals surface area contributed by atoms with Gasteiger partial charge in [0.25, 0.3) is 11.5 Å². The third-order valence-electron chi connectivity index (χ3n) is 4.98. The van der Waals surface area contributed by atoms with Crippen molar-refractivity contribution in [1.82, 2.24) is 14.8 Å². The predicted molar refractivity (Wildman–Crippen MR) is 94.4 cm³/mol. The van der Waals surface area contributed by atoms with Gasteiger partial charge >= 0.3 is 0 Å². The summed E-state index contributed by atoms with van der Waals surface area (Å²) in [5.41, 5.74) is 1.86. The zero-order valence-corrected chi connectivity index (χ0v) is 15.0. The molecule has 1 aromatic heterocycles. The van der Waals surface area contributed by atoms with E-state index in [1.54, 1.807) is 17.7 Å². The van der Waals surface area contributed by atoms with Gasteiger partial charge in [0.15, 0.2) is 0 Å². The molecule has 0 aromatic carbocycles. The molecule has 1 aromatic rings. The molecule has 1 aliphatic heterocycles. The van der Waals surface area contributed by atoms with Crippen molar-refractivity contribution in [1.29, 1.82) is 0 Å². The van der Waals surface area contributed by atoms with Gasteiger partial charge in [0.1, 0.15) is 5.56 Å². The van der Waals surface area contributed by atoms with Crippen LogP contribution in [0.25, 0.3) is 0 Å². The Hall–Kier alpha value is -1.66. The molecule has 1 fully saturated rings. The van der Waals surface area contributed by atoms with Gasteiger partial charge in [-0.05, 0) is 44.4 Å². The summed E-state index contributed by atoms with van der Waals surface area (Å²) in [7, 11) is 1.71. The average molecular weight is 335 g/mol. The van der Waals surface area contributed by atoms with Crippen molar-refractivity contribution >= 4 is 5.91 Å². The van der Waals surface area contributed by atoms with Crippen molar-refractivity contribution in [3.05, 3.63) is 33.2 Å². The molecule has 134 valence electrons. The van der Waals surface area contributed by atoms with E-state index in [2.05, 4.69) is 10.2 Å². The predicted octanol–water partition coefficient (Wildman–Crippen LogP) is 0.833. The number of carbonyl (C=O) groups is 1. The second-order valence-electron chi connectivity index (χ2n) is 6.53. The molecule has 0 spiro atoms. The van der Waals surface area contributed by atoms with Crippen molar-refractivity contribution in [3.63, 3.8) is 0 Å². The summed E-state index contributed by atoms with van der Waals surface area (Å²) in [5, 5.41) is 12.3. The van der Waals surface area contributed by atoms with E-state index in [9.17, 15) is 14.7 Å². The van der Waals surface area contributed by atoms with Gasteiger partial charge in [0, 0.05) is 31.9 Å². The molecule has 1 amide bonds. The van der Waals surface area contributed by atoms with Crippen molar-refractivity contribution in [2.75, 3.05) is 26.2 Å². The number of nitrogens with one attached hydrogen (secondary N) is 1. The molecular weight excluding hydrogens is 306 g/mol. The zero-order valence-electron chi connectivity index (χ0n) is 15.0. The van der Waals surface area contributed by atoms with Crippen molar-refractivity contribution < 1.29 is 9.90 Å². The number of hydrogen-bond donors (Lipinski definition) is 2. The van der Waals surface area contributed by atoms with Crippen molar-refractivity contribution in [2.24, 2.45) is 7.05 Å². The first-order valence-corrected chi connectivity index (χ1v) is 8.82. The van der Waals surface area contributed by atoms with Crippen LogP contribution in [0.3, 0.4) is 0 Å². The highest BCUT2D eigenvalue weighted by molar-refractivity contribution is 5.94. The molecule has 24 heavy (non-hydrogen) atoms. The zero-order chi connectivity index (χ0) is 17.7. The van der Waals surface area contributed by atoms with Crippen LogP contribution in [0.15, 0.2) is 10.9 Å². The first-order valence-electron chi connectivity index (χ1n) is 8.82. The summed E-state index contributed by atoms with van der Waals surface area (Å²) < 4.78 is 1.57. The van der Waals surface area contributed by atoms with Crippen LogP contribution in [0.2, 0.25) is 0 Å². The summed E-state index contributed by atoms with van der Waals surface area (Å²) in [6.07, 6.45) is 4.04. The number of carbonyl (C=O) groups excluding carboxylic acids is 1. The molecule has 0 unspecified atom stereocenters. The number of rotatable bonds is 6. The number of pyridine rings is 1. The second kappa shape index (κ2) is 8.44. The van der Waals surface area contributed by atoms with Crippen molar-refractivity contribution in [2.45, 2.75) is 45.6 Å². The minimum Gasteiger partial charge on any atom is -0.395 e. The maximum absolute atomic E-state index is 12.4. The van der Waals surface area contributed by atoms with Gasteiger partial charge in [-0.1, -0.05) is 13.3 Å². The Morgan fingerprint density at radius 3 is 2.83 bits per heavy atom. The molecule has 1 saturated heterocycles. The molecular formula is C18H29N3O3. The first-order chi connectivity index (χ1) is 11.5. The van der Waals surface area contributed by atoms with Crippen LogP contribution in [-0.2, 0) is 13.5 Å². The highest BCUT2D eigenvalue weighted by atomic mass is 16.3. The van der Waals surface area contributed by atoms with E-state index >= 15 is 0 Å². The van der Waals surface area contributed by atoms with E-state index in [0.717, 1.165) is 43.5 Å². The van der Waals surface area contributed by atoms with Gasteiger partial charge < -0.3 is 15.0 Å².